The minimum atomic E-state index is -0.583. The van der Waals surface area contributed by atoms with Crippen LogP contribution in [0.5, 0.6) is 0 Å². The second-order valence-electron chi connectivity index (χ2n) is 7.28. The topological polar surface area (TPSA) is 58.2 Å². The smallest absolute Gasteiger partial charge is 0.254 e. The first-order valence-electron chi connectivity index (χ1n) is 9.50. The van der Waals surface area contributed by atoms with Crippen LogP contribution in [0, 0.1) is 11.6 Å². The molecule has 1 atom stereocenters. The fraction of sp³-hybridized carbons (Fsp3) is 0.217. The van der Waals surface area contributed by atoms with Crippen LogP contribution < -0.4 is 10.6 Å². The highest BCUT2D eigenvalue weighted by molar-refractivity contribution is 6.09. The Morgan fingerprint density at radius 3 is 2.28 bits per heavy atom. The Balaban J connectivity index is 1.77. The number of hydrogen-bond donors (Lipinski definition) is 2. The van der Waals surface area contributed by atoms with Crippen molar-refractivity contribution in [2.75, 3.05) is 5.32 Å². The maximum atomic E-state index is 13.5. The van der Waals surface area contributed by atoms with E-state index < -0.39 is 11.7 Å². The summed E-state index contributed by atoms with van der Waals surface area (Å²) in [7, 11) is 0. The number of amides is 1. The molecule has 2 aliphatic rings. The van der Waals surface area contributed by atoms with E-state index in [2.05, 4.69) is 10.6 Å². The molecule has 0 unspecified atom stereocenters. The predicted octanol–water partition coefficient (Wildman–Crippen LogP) is 4.57. The predicted molar refractivity (Wildman–Crippen MR) is 106 cm³/mol. The lowest BCUT2D eigenvalue weighted by Gasteiger charge is -2.34. The molecule has 2 N–H and O–H groups in total. The number of allylic oxidation sites excluding steroid dienone is 3. The van der Waals surface area contributed by atoms with Gasteiger partial charge in [0.15, 0.2) is 5.78 Å². The molecule has 1 aliphatic carbocycles. The minimum absolute atomic E-state index is 0.00680. The molecule has 0 fully saturated rings. The summed E-state index contributed by atoms with van der Waals surface area (Å²) in [5, 5.41) is 6.01. The van der Waals surface area contributed by atoms with Crippen LogP contribution in [0.1, 0.15) is 37.7 Å². The van der Waals surface area contributed by atoms with Gasteiger partial charge in [-0.15, -0.1) is 0 Å². The number of ketones is 1. The number of anilines is 1. The Hall–Kier alpha value is -3.28. The maximum absolute atomic E-state index is 13.5. The van der Waals surface area contributed by atoms with E-state index in [1.807, 2.05) is 0 Å². The van der Waals surface area contributed by atoms with E-state index in [9.17, 15) is 18.4 Å². The molecule has 29 heavy (non-hydrogen) atoms. The molecular weight excluding hydrogens is 374 g/mol. The number of carbonyl (C=O) groups excluding carboxylic acids is 2. The molecule has 0 spiro atoms. The molecule has 148 valence electrons. The zero-order chi connectivity index (χ0) is 20.5. The molecule has 6 heteroatoms. The molecule has 4 nitrogen and oxygen atoms in total. The van der Waals surface area contributed by atoms with Crippen molar-refractivity contribution < 1.29 is 18.4 Å². The second-order valence-corrected chi connectivity index (χ2v) is 7.28. The SMILES string of the molecule is CC1=C(C(=O)Nc2ccc(F)cc2)[C@@H](c2ccc(F)cc2)C2=C(CCCC2=O)N1. The standard InChI is InChI=1S/C23H20F2N2O2/c1-13-20(23(29)27-17-11-9-16(25)10-12-17)21(14-5-7-15(24)8-6-14)22-18(26-13)3-2-4-19(22)28/h5-12,21,26H,2-4H2,1H3,(H,27,29)/t21-/m1/s1. The average Bonchev–Trinajstić information content (AvgIpc) is 2.69. The molecule has 2 aromatic carbocycles. The van der Waals surface area contributed by atoms with Gasteiger partial charge >= 0.3 is 0 Å². The van der Waals surface area contributed by atoms with E-state index >= 15 is 0 Å². The fourth-order valence-corrected chi connectivity index (χ4v) is 4.00. The van der Waals surface area contributed by atoms with E-state index in [0.717, 1.165) is 18.5 Å². The molecule has 1 aliphatic heterocycles. The van der Waals surface area contributed by atoms with Gasteiger partial charge in [0.1, 0.15) is 11.6 Å². The molecular formula is C23H20F2N2O2. The number of Topliss-reactive ketones (excluding diaryl/α,β-unsaturated/α-hetero) is 1. The van der Waals surface area contributed by atoms with Gasteiger partial charge in [0.2, 0.25) is 0 Å². The van der Waals surface area contributed by atoms with Gasteiger partial charge in [0, 0.05) is 40.6 Å². The molecule has 0 aromatic heterocycles. The number of benzene rings is 2. The summed E-state index contributed by atoms with van der Waals surface area (Å²) in [6.07, 6.45) is 1.90. The third-order valence-corrected chi connectivity index (χ3v) is 5.33. The van der Waals surface area contributed by atoms with Gasteiger partial charge in [-0.05, 0) is 61.7 Å². The summed E-state index contributed by atoms with van der Waals surface area (Å²) in [5.41, 5.74) is 3.56. The summed E-state index contributed by atoms with van der Waals surface area (Å²) in [4.78, 5) is 26.0. The first kappa shape index (κ1) is 19.1. The lowest BCUT2D eigenvalue weighted by Crippen LogP contribution is -2.35. The quantitative estimate of drug-likeness (QED) is 0.802. The van der Waals surface area contributed by atoms with Crippen LogP contribution in [0.25, 0.3) is 0 Å². The number of rotatable bonds is 3. The van der Waals surface area contributed by atoms with Crippen LogP contribution >= 0.6 is 0 Å². The molecule has 1 heterocycles. The van der Waals surface area contributed by atoms with Crippen LogP contribution in [0.2, 0.25) is 0 Å². The Bertz CT molecular complexity index is 1040. The molecule has 1 amide bonds. The molecule has 0 bridgehead atoms. The van der Waals surface area contributed by atoms with E-state index in [1.165, 1.54) is 36.4 Å². The van der Waals surface area contributed by atoms with Gasteiger partial charge in [-0.25, -0.2) is 8.78 Å². The van der Waals surface area contributed by atoms with Gasteiger partial charge in [0.05, 0.1) is 0 Å². The zero-order valence-corrected chi connectivity index (χ0v) is 15.9. The van der Waals surface area contributed by atoms with E-state index in [1.54, 1.807) is 19.1 Å². The summed E-state index contributed by atoms with van der Waals surface area (Å²) < 4.78 is 26.7. The summed E-state index contributed by atoms with van der Waals surface area (Å²) in [6, 6.07) is 11.3. The Kier molecular flexibility index (Phi) is 5.01. The van der Waals surface area contributed by atoms with Crippen LogP contribution in [-0.2, 0) is 9.59 Å². The van der Waals surface area contributed by atoms with Crippen molar-refractivity contribution in [1.82, 2.24) is 5.32 Å². The lowest BCUT2D eigenvalue weighted by molar-refractivity contribution is -0.116. The van der Waals surface area contributed by atoms with Crippen molar-refractivity contribution >= 4 is 17.4 Å². The number of carbonyl (C=O) groups is 2. The van der Waals surface area contributed by atoms with Crippen molar-refractivity contribution in [3.63, 3.8) is 0 Å². The summed E-state index contributed by atoms with van der Waals surface area (Å²) in [5.74, 6) is -1.76. The van der Waals surface area contributed by atoms with Gasteiger partial charge in [0.25, 0.3) is 5.91 Å². The molecule has 0 saturated carbocycles. The highest BCUT2D eigenvalue weighted by Crippen LogP contribution is 2.42. The minimum Gasteiger partial charge on any atom is -0.362 e. The van der Waals surface area contributed by atoms with Gasteiger partial charge in [-0.1, -0.05) is 12.1 Å². The van der Waals surface area contributed by atoms with E-state index in [0.29, 0.717) is 34.5 Å². The molecule has 4 rings (SSSR count). The van der Waals surface area contributed by atoms with Crippen molar-refractivity contribution in [2.45, 2.75) is 32.1 Å². The molecule has 2 aromatic rings. The maximum Gasteiger partial charge on any atom is 0.254 e. The number of dihydropyridines is 1. The van der Waals surface area contributed by atoms with Gasteiger partial charge in [-0.3, -0.25) is 9.59 Å². The van der Waals surface area contributed by atoms with Crippen LogP contribution in [-0.4, -0.2) is 11.7 Å². The first-order valence-corrected chi connectivity index (χ1v) is 9.50. The number of halogens is 2. The Morgan fingerprint density at radius 2 is 1.62 bits per heavy atom. The van der Waals surface area contributed by atoms with Crippen LogP contribution in [0.4, 0.5) is 14.5 Å². The Labute approximate surface area is 167 Å². The van der Waals surface area contributed by atoms with Crippen molar-refractivity contribution in [2.24, 2.45) is 0 Å². The van der Waals surface area contributed by atoms with E-state index in [-0.39, 0.29) is 17.5 Å². The zero-order valence-electron chi connectivity index (χ0n) is 15.9. The third-order valence-electron chi connectivity index (χ3n) is 5.33. The van der Waals surface area contributed by atoms with Crippen LogP contribution in [0.15, 0.2) is 71.1 Å². The number of nitrogens with one attached hydrogen (secondary N) is 2. The number of hydrogen-bond acceptors (Lipinski definition) is 3. The molecule has 0 saturated heterocycles. The Morgan fingerprint density at radius 1 is 1.00 bits per heavy atom. The normalized spacial score (nSPS) is 19.0. The summed E-state index contributed by atoms with van der Waals surface area (Å²) >= 11 is 0. The van der Waals surface area contributed by atoms with Gasteiger partial charge in [-0.2, -0.15) is 0 Å². The average molecular weight is 394 g/mol. The third kappa shape index (κ3) is 3.70. The first-order chi connectivity index (χ1) is 13.9. The van der Waals surface area contributed by atoms with Crippen LogP contribution in [0.3, 0.4) is 0 Å². The molecule has 0 radical (unpaired) electrons. The summed E-state index contributed by atoms with van der Waals surface area (Å²) in [6.45, 7) is 1.79. The van der Waals surface area contributed by atoms with Gasteiger partial charge < -0.3 is 10.6 Å². The highest BCUT2D eigenvalue weighted by Gasteiger charge is 2.38. The van der Waals surface area contributed by atoms with Crippen molar-refractivity contribution in [3.05, 3.63) is 88.3 Å². The van der Waals surface area contributed by atoms with Crippen molar-refractivity contribution in [1.29, 1.82) is 0 Å². The second kappa shape index (κ2) is 7.62. The monoisotopic (exact) mass is 394 g/mol. The highest BCUT2D eigenvalue weighted by atomic mass is 19.1. The largest absolute Gasteiger partial charge is 0.362 e. The van der Waals surface area contributed by atoms with Crippen molar-refractivity contribution in [3.8, 4) is 0 Å². The van der Waals surface area contributed by atoms with E-state index in [4.69, 9.17) is 0 Å². The fourth-order valence-electron chi connectivity index (χ4n) is 4.00. The lowest BCUT2D eigenvalue weighted by atomic mass is 9.75.